The normalized spacial score (nSPS) is 17.1. The highest BCUT2D eigenvalue weighted by Gasteiger charge is 2.24. The number of carbonyl (C=O) groups is 1. The SMILES string of the molecule is C=C(/N=C\C=C/N)N1CCN(C(=O)CC(C)(C)C)CC1. The van der Waals surface area contributed by atoms with Gasteiger partial charge in [-0.3, -0.25) is 4.79 Å². The molecule has 1 rings (SSSR count). The molecule has 1 aliphatic heterocycles. The van der Waals surface area contributed by atoms with Crippen LogP contribution in [0, 0.1) is 5.41 Å². The molecule has 0 aromatic heterocycles. The zero-order valence-electron chi connectivity index (χ0n) is 12.8. The predicted molar refractivity (Wildman–Crippen MR) is 83.2 cm³/mol. The Balaban J connectivity index is 2.43. The van der Waals surface area contributed by atoms with E-state index in [1.54, 1.807) is 12.3 Å². The molecular weight excluding hydrogens is 252 g/mol. The first kappa shape index (κ1) is 16.3. The van der Waals surface area contributed by atoms with Gasteiger partial charge in [-0.2, -0.15) is 0 Å². The largest absolute Gasteiger partial charge is 0.405 e. The highest BCUT2D eigenvalue weighted by Crippen LogP contribution is 2.20. The molecule has 0 spiro atoms. The fraction of sp³-hybridized carbons (Fsp3) is 0.600. The van der Waals surface area contributed by atoms with E-state index < -0.39 is 0 Å². The van der Waals surface area contributed by atoms with E-state index in [4.69, 9.17) is 5.73 Å². The number of amides is 1. The van der Waals surface area contributed by atoms with E-state index in [0.29, 0.717) is 12.2 Å². The fourth-order valence-corrected chi connectivity index (χ4v) is 2.04. The van der Waals surface area contributed by atoms with Crippen LogP contribution in [0.4, 0.5) is 0 Å². The van der Waals surface area contributed by atoms with Crippen molar-refractivity contribution in [1.82, 2.24) is 9.80 Å². The third-order valence-corrected chi connectivity index (χ3v) is 3.10. The van der Waals surface area contributed by atoms with E-state index in [0.717, 1.165) is 26.2 Å². The Bertz CT molecular complexity index is 399. The lowest BCUT2D eigenvalue weighted by Crippen LogP contribution is -2.48. The molecule has 0 aromatic carbocycles. The Labute approximate surface area is 121 Å². The first-order valence-electron chi connectivity index (χ1n) is 6.96. The van der Waals surface area contributed by atoms with Gasteiger partial charge in [0.25, 0.3) is 0 Å². The van der Waals surface area contributed by atoms with E-state index in [1.165, 1.54) is 6.20 Å². The number of piperazine rings is 1. The summed E-state index contributed by atoms with van der Waals surface area (Å²) in [5.41, 5.74) is 5.27. The second-order valence-electron chi connectivity index (χ2n) is 6.18. The van der Waals surface area contributed by atoms with Crippen molar-refractivity contribution in [2.45, 2.75) is 27.2 Å². The number of aliphatic imine (C=N–C) groups is 1. The zero-order chi connectivity index (χ0) is 15.2. The first-order chi connectivity index (χ1) is 9.33. The molecular formula is C15H26N4O. The number of hydrogen-bond acceptors (Lipinski definition) is 4. The van der Waals surface area contributed by atoms with Gasteiger partial charge in [-0.1, -0.05) is 27.4 Å². The second kappa shape index (κ2) is 7.12. The minimum absolute atomic E-state index is 0.0384. The monoisotopic (exact) mass is 278 g/mol. The van der Waals surface area contributed by atoms with Gasteiger partial charge in [0.2, 0.25) is 5.91 Å². The second-order valence-corrected chi connectivity index (χ2v) is 6.18. The van der Waals surface area contributed by atoms with Crippen LogP contribution < -0.4 is 5.73 Å². The Hall–Kier alpha value is -1.78. The highest BCUT2D eigenvalue weighted by molar-refractivity contribution is 5.77. The van der Waals surface area contributed by atoms with Crippen LogP contribution in [-0.4, -0.2) is 48.1 Å². The average Bonchev–Trinajstić information content (AvgIpc) is 2.37. The average molecular weight is 278 g/mol. The van der Waals surface area contributed by atoms with Crippen LogP contribution in [0.25, 0.3) is 0 Å². The van der Waals surface area contributed by atoms with Crippen LogP contribution in [0.5, 0.6) is 0 Å². The van der Waals surface area contributed by atoms with Crippen molar-refractivity contribution in [3.8, 4) is 0 Å². The van der Waals surface area contributed by atoms with Gasteiger partial charge in [-0.15, -0.1) is 0 Å². The molecule has 0 aliphatic carbocycles. The molecule has 1 aliphatic rings. The number of carbonyl (C=O) groups excluding carboxylic acids is 1. The Kier molecular flexibility index (Phi) is 5.80. The topological polar surface area (TPSA) is 61.9 Å². The molecule has 1 amide bonds. The number of hydrogen-bond donors (Lipinski definition) is 1. The quantitative estimate of drug-likeness (QED) is 0.794. The van der Waals surface area contributed by atoms with E-state index in [-0.39, 0.29) is 11.3 Å². The molecule has 5 nitrogen and oxygen atoms in total. The van der Waals surface area contributed by atoms with Gasteiger partial charge in [-0.25, -0.2) is 4.99 Å². The molecule has 20 heavy (non-hydrogen) atoms. The number of nitrogens with zero attached hydrogens (tertiary/aromatic N) is 3. The smallest absolute Gasteiger partial charge is 0.223 e. The van der Waals surface area contributed by atoms with Gasteiger partial charge in [0.15, 0.2) is 0 Å². The van der Waals surface area contributed by atoms with Crippen LogP contribution in [0.1, 0.15) is 27.2 Å². The molecule has 0 saturated carbocycles. The van der Waals surface area contributed by atoms with Crippen molar-refractivity contribution in [2.24, 2.45) is 16.1 Å². The van der Waals surface area contributed by atoms with Crippen molar-refractivity contribution in [3.63, 3.8) is 0 Å². The Morgan fingerprint density at radius 3 is 2.30 bits per heavy atom. The summed E-state index contributed by atoms with van der Waals surface area (Å²) in [6.07, 6.45) is 5.31. The van der Waals surface area contributed by atoms with E-state index in [1.807, 2.05) is 4.90 Å². The standard InChI is InChI=1S/C15H26N4O/c1-13(17-7-5-6-16)18-8-10-19(11-9-18)14(20)12-15(2,3)4/h5-7H,1,8-12,16H2,2-4H3/b6-5-,17-7-. The van der Waals surface area contributed by atoms with Gasteiger partial charge < -0.3 is 15.5 Å². The number of rotatable bonds is 4. The van der Waals surface area contributed by atoms with Gasteiger partial charge in [0.1, 0.15) is 5.82 Å². The van der Waals surface area contributed by atoms with E-state index in [9.17, 15) is 4.79 Å². The lowest BCUT2D eigenvalue weighted by Gasteiger charge is -2.36. The van der Waals surface area contributed by atoms with E-state index in [2.05, 4.69) is 37.2 Å². The van der Waals surface area contributed by atoms with Gasteiger partial charge >= 0.3 is 0 Å². The van der Waals surface area contributed by atoms with Crippen LogP contribution in [0.3, 0.4) is 0 Å². The van der Waals surface area contributed by atoms with Crippen LogP contribution >= 0.6 is 0 Å². The van der Waals surface area contributed by atoms with Crippen molar-refractivity contribution in [3.05, 3.63) is 24.7 Å². The maximum absolute atomic E-state index is 12.1. The molecule has 0 atom stereocenters. The molecule has 112 valence electrons. The maximum Gasteiger partial charge on any atom is 0.223 e. The highest BCUT2D eigenvalue weighted by atomic mass is 16.2. The van der Waals surface area contributed by atoms with Crippen LogP contribution in [0.2, 0.25) is 0 Å². The number of nitrogens with two attached hydrogens (primary N) is 1. The molecule has 2 N–H and O–H groups in total. The van der Waals surface area contributed by atoms with Gasteiger partial charge in [-0.05, 0) is 17.7 Å². The molecule has 1 fully saturated rings. The van der Waals surface area contributed by atoms with Crippen molar-refractivity contribution in [2.75, 3.05) is 26.2 Å². The maximum atomic E-state index is 12.1. The molecule has 0 aromatic rings. The van der Waals surface area contributed by atoms with Crippen molar-refractivity contribution >= 4 is 12.1 Å². The molecule has 5 heteroatoms. The molecule has 0 radical (unpaired) electrons. The summed E-state index contributed by atoms with van der Waals surface area (Å²) >= 11 is 0. The van der Waals surface area contributed by atoms with Crippen LogP contribution in [0.15, 0.2) is 29.7 Å². The summed E-state index contributed by atoms with van der Waals surface area (Å²) in [7, 11) is 0. The van der Waals surface area contributed by atoms with Gasteiger partial charge in [0.05, 0.1) is 0 Å². The summed E-state index contributed by atoms with van der Waals surface area (Å²) in [5.74, 6) is 0.948. The molecule has 1 saturated heterocycles. The molecule has 0 bridgehead atoms. The summed E-state index contributed by atoms with van der Waals surface area (Å²) in [6.45, 7) is 13.2. The molecule has 1 heterocycles. The summed E-state index contributed by atoms with van der Waals surface area (Å²) in [4.78, 5) is 20.4. The Morgan fingerprint density at radius 2 is 1.80 bits per heavy atom. The van der Waals surface area contributed by atoms with E-state index >= 15 is 0 Å². The summed E-state index contributed by atoms with van der Waals surface area (Å²) in [6, 6.07) is 0. The third kappa shape index (κ3) is 5.47. The minimum atomic E-state index is 0.0384. The third-order valence-electron chi connectivity index (χ3n) is 3.10. The van der Waals surface area contributed by atoms with Gasteiger partial charge in [0, 0.05) is 38.8 Å². The summed E-state index contributed by atoms with van der Waals surface area (Å²) in [5, 5.41) is 0. The first-order valence-corrected chi connectivity index (χ1v) is 6.96. The minimum Gasteiger partial charge on any atom is -0.405 e. The Morgan fingerprint density at radius 1 is 1.25 bits per heavy atom. The van der Waals surface area contributed by atoms with Crippen molar-refractivity contribution in [1.29, 1.82) is 0 Å². The zero-order valence-corrected chi connectivity index (χ0v) is 12.8. The van der Waals surface area contributed by atoms with Crippen LogP contribution in [-0.2, 0) is 4.79 Å². The lowest BCUT2D eigenvalue weighted by molar-refractivity contribution is -0.134. The van der Waals surface area contributed by atoms with Crippen molar-refractivity contribution < 1.29 is 4.79 Å². The molecule has 0 unspecified atom stereocenters. The fourth-order valence-electron chi connectivity index (χ4n) is 2.04. The predicted octanol–water partition coefficient (Wildman–Crippen LogP) is 1.58. The number of allylic oxidation sites excluding steroid dienone is 1. The lowest BCUT2D eigenvalue weighted by atomic mass is 9.91. The summed E-state index contributed by atoms with van der Waals surface area (Å²) < 4.78 is 0.